The van der Waals surface area contributed by atoms with Crippen molar-refractivity contribution in [2.45, 2.75) is 37.8 Å². The minimum atomic E-state index is -0.158. The van der Waals surface area contributed by atoms with E-state index in [-0.39, 0.29) is 18.1 Å². The highest BCUT2D eigenvalue weighted by molar-refractivity contribution is 5.76. The van der Waals surface area contributed by atoms with Crippen LogP contribution < -0.4 is 5.32 Å². The summed E-state index contributed by atoms with van der Waals surface area (Å²) in [4.78, 5) is 11.6. The van der Waals surface area contributed by atoms with Gasteiger partial charge in [0.15, 0.2) is 0 Å². The predicted octanol–water partition coefficient (Wildman–Crippen LogP) is 0.707. The van der Waals surface area contributed by atoms with Crippen molar-refractivity contribution in [3.05, 3.63) is 0 Å². The quantitative estimate of drug-likeness (QED) is 0.683. The number of esters is 1. The summed E-state index contributed by atoms with van der Waals surface area (Å²) >= 11 is 0. The summed E-state index contributed by atoms with van der Waals surface area (Å²) in [5, 5.41) is 3.11. The van der Waals surface area contributed by atoms with Crippen molar-refractivity contribution >= 4 is 5.97 Å². The molecule has 1 aliphatic heterocycles. The Morgan fingerprint density at radius 2 is 2.27 bits per heavy atom. The molecule has 2 fully saturated rings. The first kappa shape index (κ1) is 10.9. The topological polar surface area (TPSA) is 47.6 Å². The maximum Gasteiger partial charge on any atom is 0.323 e. The number of rotatable bonds is 5. The molecule has 0 spiro atoms. The zero-order valence-corrected chi connectivity index (χ0v) is 9.20. The fraction of sp³-hybridized carbons (Fsp3) is 0.909. The van der Waals surface area contributed by atoms with Crippen molar-refractivity contribution in [2.24, 2.45) is 5.92 Å². The van der Waals surface area contributed by atoms with E-state index in [0.29, 0.717) is 6.61 Å². The third kappa shape index (κ3) is 3.18. The van der Waals surface area contributed by atoms with Crippen LogP contribution in [-0.4, -0.2) is 38.4 Å². The molecule has 1 heterocycles. The highest BCUT2D eigenvalue weighted by atomic mass is 16.5. The average molecular weight is 213 g/mol. The molecule has 15 heavy (non-hydrogen) atoms. The second-order valence-electron chi connectivity index (χ2n) is 4.45. The van der Waals surface area contributed by atoms with Crippen LogP contribution in [0.25, 0.3) is 0 Å². The van der Waals surface area contributed by atoms with Gasteiger partial charge in [0.25, 0.3) is 0 Å². The van der Waals surface area contributed by atoms with E-state index in [9.17, 15) is 4.79 Å². The van der Waals surface area contributed by atoms with Crippen LogP contribution in [0.15, 0.2) is 0 Å². The molecule has 0 aromatic rings. The van der Waals surface area contributed by atoms with E-state index >= 15 is 0 Å². The molecule has 0 radical (unpaired) electrons. The van der Waals surface area contributed by atoms with Gasteiger partial charge in [0.05, 0.1) is 12.7 Å². The van der Waals surface area contributed by atoms with E-state index in [1.807, 2.05) is 0 Å². The van der Waals surface area contributed by atoms with Gasteiger partial charge in [-0.1, -0.05) is 12.8 Å². The first-order valence-corrected chi connectivity index (χ1v) is 5.72. The molecule has 4 nitrogen and oxygen atoms in total. The van der Waals surface area contributed by atoms with Crippen LogP contribution in [-0.2, 0) is 14.3 Å². The van der Waals surface area contributed by atoms with E-state index in [4.69, 9.17) is 9.47 Å². The van der Waals surface area contributed by atoms with Crippen molar-refractivity contribution in [3.63, 3.8) is 0 Å². The Kier molecular flexibility index (Phi) is 3.59. The molecule has 2 rings (SSSR count). The normalized spacial score (nSPS) is 30.5. The summed E-state index contributed by atoms with van der Waals surface area (Å²) in [7, 11) is 1.67. The number of ether oxygens (including phenoxy) is 2. The van der Waals surface area contributed by atoms with Gasteiger partial charge in [0, 0.05) is 20.1 Å². The molecule has 1 N–H and O–H groups in total. The van der Waals surface area contributed by atoms with Gasteiger partial charge in [-0.3, -0.25) is 4.79 Å². The van der Waals surface area contributed by atoms with Crippen LogP contribution in [0.1, 0.15) is 25.7 Å². The lowest BCUT2D eigenvalue weighted by molar-refractivity contribution is -0.146. The SMILES string of the molecule is COC1CNC(C(=O)OCCC2CC2)C1. The van der Waals surface area contributed by atoms with E-state index in [1.54, 1.807) is 7.11 Å². The molecule has 0 aromatic heterocycles. The average Bonchev–Trinajstić information content (AvgIpc) is 2.94. The summed E-state index contributed by atoms with van der Waals surface area (Å²) in [6.45, 7) is 1.33. The van der Waals surface area contributed by atoms with Crippen LogP contribution in [0.3, 0.4) is 0 Å². The van der Waals surface area contributed by atoms with E-state index in [1.165, 1.54) is 12.8 Å². The zero-order chi connectivity index (χ0) is 10.7. The number of carbonyl (C=O) groups is 1. The Bertz CT molecular complexity index is 228. The summed E-state index contributed by atoms with van der Waals surface area (Å²) in [5.41, 5.74) is 0. The molecule has 0 amide bonds. The lowest BCUT2D eigenvalue weighted by atomic mass is 10.2. The minimum Gasteiger partial charge on any atom is -0.465 e. The highest BCUT2D eigenvalue weighted by Gasteiger charge is 2.30. The van der Waals surface area contributed by atoms with E-state index < -0.39 is 0 Å². The van der Waals surface area contributed by atoms with Gasteiger partial charge < -0.3 is 14.8 Å². The monoisotopic (exact) mass is 213 g/mol. The molecular weight excluding hydrogens is 194 g/mol. The number of hydrogen-bond donors (Lipinski definition) is 1. The first-order valence-electron chi connectivity index (χ1n) is 5.72. The molecule has 0 bridgehead atoms. The fourth-order valence-corrected chi connectivity index (χ4v) is 1.90. The minimum absolute atomic E-state index is 0.116. The smallest absolute Gasteiger partial charge is 0.323 e. The third-order valence-corrected chi connectivity index (χ3v) is 3.18. The van der Waals surface area contributed by atoms with Gasteiger partial charge in [-0.05, 0) is 12.3 Å². The molecule has 1 aliphatic carbocycles. The van der Waals surface area contributed by atoms with Gasteiger partial charge in [-0.15, -0.1) is 0 Å². The van der Waals surface area contributed by atoms with Crippen LogP contribution >= 0.6 is 0 Å². The van der Waals surface area contributed by atoms with Gasteiger partial charge in [-0.25, -0.2) is 0 Å². The van der Waals surface area contributed by atoms with Crippen molar-refractivity contribution in [2.75, 3.05) is 20.3 Å². The number of nitrogens with one attached hydrogen (secondary N) is 1. The fourth-order valence-electron chi connectivity index (χ4n) is 1.90. The number of hydrogen-bond acceptors (Lipinski definition) is 4. The van der Waals surface area contributed by atoms with Crippen molar-refractivity contribution in [1.82, 2.24) is 5.32 Å². The Balaban J connectivity index is 1.62. The summed E-state index contributed by atoms with van der Waals surface area (Å²) in [6, 6.07) is -0.158. The first-order chi connectivity index (χ1) is 7.29. The summed E-state index contributed by atoms with van der Waals surface area (Å²) in [5.74, 6) is 0.705. The number of carbonyl (C=O) groups excluding carboxylic acids is 1. The Morgan fingerprint density at radius 1 is 1.47 bits per heavy atom. The summed E-state index contributed by atoms with van der Waals surface area (Å²) in [6.07, 6.45) is 4.55. The largest absolute Gasteiger partial charge is 0.465 e. The lowest BCUT2D eigenvalue weighted by Gasteiger charge is -2.10. The molecular formula is C11H19NO3. The van der Waals surface area contributed by atoms with Gasteiger partial charge in [0.2, 0.25) is 0 Å². The molecule has 2 aliphatic rings. The number of methoxy groups -OCH3 is 1. The Morgan fingerprint density at radius 3 is 2.87 bits per heavy atom. The predicted molar refractivity (Wildman–Crippen MR) is 55.5 cm³/mol. The molecule has 86 valence electrons. The molecule has 1 saturated heterocycles. The lowest BCUT2D eigenvalue weighted by Crippen LogP contribution is -2.32. The van der Waals surface area contributed by atoms with Crippen molar-refractivity contribution in [3.8, 4) is 0 Å². The second-order valence-corrected chi connectivity index (χ2v) is 4.45. The molecule has 1 saturated carbocycles. The third-order valence-electron chi connectivity index (χ3n) is 3.18. The summed E-state index contributed by atoms with van der Waals surface area (Å²) < 4.78 is 10.4. The second kappa shape index (κ2) is 4.94. The highest BCUT2D eigenvalue weighted by Crippen LogP contribution is 2.32. The van der Waals surface area contributed by atoms with Crippen molar-refractivity contribution in [1.29, 1.82) is 0 Å². The van der Waals surface area contributed by atoms with Crippen molar-refractivity contribution < 1.29 is 14.3 Å². The van der Waals surface area contributed by atoms with Crippen LogP contribution in [0.2, 0.25) is 0 Å². The van der Waals surface area contributed by atoms with Crippen LogP contribution in [0.4, 0.5) is 0 Å². The van der Waals surface area contributed by atoms with Crippen LogP contribution in [0.5, 0.6) is 0 Å². The van der Waals surface area contributed by atoms with E-state index in [2.05, 4.69) is 5.32 Å². The molecule has 0 aromatic carbocycles. The maximum atomic E-state index is 11.6. The maximum absolute atomic E-state index is 11.6. The van der Waals surface area contributed by atoms with Gasteiger partial charge in [0.1, 0.15) is 6.04 Å². The molecule has 2 unspecified atom stereocenters. The Hall–Kier alpha value is -0.610. The van der Waals surface area contributed by atoms with Gasteiger partial charge >= 0.3 is 5.97 Å². The Labute approximate surface area is 90.3 Å². The van der Waals surface area contributed by atoms with E-state index in [0.717, 1.165) is 25.3 Å². The molecule has 2 atom stereocenters. The zero-order valence-electron chi connectivity index (χ0n) is 9.20. The van der Waals surface area contributed by atoms with Gasteiger partial charge in [-0.2, -0.15) is 0 Å². The van der Waals surface area contributed by atoms with Crippen LogP contribution in [0, 0.1) is 5.92 Å². The standard InChI is InChI=1S/C11H19NO3/c1-14-9-6-10(12-7-9)11(13)15-5-4-8-2-3-8/h8-10,12H,2-7H2,1H3. The molecule has 4 heteroatoms.